The summed E-state index contributed by atoms with van der Waals surface area (Å²) in [5.74, 6) is -2.01. The van der Waals surface area contributed by atoms with Crippen LogP contribution in [-0.4, -0.2) is 102 Å². The van der Waals surface area contributed by atoms with Crippen LogP contribution < -0.4 is 0 Å². The van der Waals surface area contributed by atoms with Gasteiger partial charge in [0.05, 0.1) is 24.3 Å². The molecule has 0 aromatic rings. The third-order valence-electron chi connectivity index (χ3n) is 8.38. The Morgan fingerprint density at radius 2 is 1.61 bits per heavy atom. The topological polar surface area (TPSA) is 124 Å². The van der Waals surface area contributed by atoms with E-state index in [1.807, 2.05) is 0 Å². The first kappa shape index (κ1) is 20.5. The third-order valence-corrected chi connectivity index (χ3v) is 11.3. The summed E-state index contributed by atoms with van der Waals surface area (Å²) in [5, 5.41) is 21.5. The van der Waals surface area contributed by atoms with Crippen molar-refractivity contribution in [1.29, 1.82) is 0 Å². The van der Waals surface area contributed by atoms with Crippen molar-refractivity contribution >= 4 is 46.9 Å². The van der Waals surface area contributed by atoms with Crippen LogP contribution in [0.25, 0.3) is 0 Å². The van der Waals surface area contributed by atoms with E-state index >= 15 is 0 Å². The SMILES string of the molecule is CO[C@H]1CC(=O)[C@@H]2C[C@@]3(SC)C(=O)N4[C@@H]5[C@@H](O)[C@H]6CC(=O)[C@@H]5C[C@@]4(S6)C(=O)N3[C@@H]2[C@H]1O. The molecule has 0 unspecified atom stereocenters. The molecule has 168 valence electrons. The van der Waals surface area contributed by atoms with Crippen molar-refractivity contribution in [3.8, 4) is 0 Å². The summed E-state index contributed by atoms with van der Waals surface area (Å²) in [6.45, 7) is 0. The fraction of sp³-hybridized carbons (Fsp3) is 0.800. The van der Waals surface area contributed by atoms with Gasteiger partial charge in [0, 0.05) is 49.9 Å². The number of carbonyl (C=O) groups is 4. The molecule has 2 saturated carbocycles. The standard InChI is InChI=1S/C20H24N2O7S2/c1-29-11-3-9(23)7-5-19(30-2)17(27)22-14-8-6-20(22,18(28)21(19)13(7)15(11)25)31-12(16(14)26)4-10(8)24/h7-8,11-16,25-26H,3-6H2,1-2H3/t7-,8-,11-,12+,13-,14-,15-,16-,19+,20+/m0/s1. The first-order valence-electron chi connectivity index (χ1n) is 10.6. The molecule has 31 heavy (non-hydrogen) atoms. The normalized spacial score (nSPS) is 52.5. The molecule has 11 heteroatoms. The number of thioether (sulfide) groups is 2. The van der Waals surface area contributed by atoms with Crippen LogP contribution in [0, 0.1) is 11.8 Å². The molecule has 4 saturated heterocycles. The Balaban J connectivity index is 1.52. The molecule has 6 rings (SSSR count). The first-order chi connectivity index (χ1) is 14.7. The largest absolute Gasteiger partial charge is 0.390 e. The van der Waals surface area contributed by atoms with Crippen LogP contribution in [0.1, 0.15) is 25.7 Å². The van der Waals surface area contributed by atoms with Gasteiger partial charge in [-0.05, 0) is 6.26 Å². The monoisotopic (exact) mass is 468 g/mol. The molecule has 0 radical (unpaired) electrons. The van der Waals surface area contributed by atoms with Crippen molar-refractivity contribution in [1.82, 2.24) is 9.80 Å². The third kappa shape index (κ3) is 2.13. The average Bonchev–Trinajstić information content (AvgIpc) is 3.20. The highest BCUT2D eigenvalue weighted by atomic mass is 32.2. The summed E-state index contributed by atoms with van der Waals surface area (Å²) in [6, 6.07) is -1.54. The Kier molecular flexibility index (Phi) is 4.13. The molecule has 0 spiro atoms. The van der Waals surface area contributed by atoms with Gasteiger partial charge in [-0.15, -0.1) is 23.5 Å². The highest BCUT2D eigenvalue weighted by Crippen LogP contribution is 2.65. The number of Topliss-reactive ketones (excluding diaryl/α,β-unsaturated/α-hetero) is 2. The van der Waals surface area contributed by atoms with Crippen LogP contribution in [0.4, 0.5) is 0 Å². The summed E-state index contributed by atoms with van der Waals surface area (Å²) >= 11 is 2.41. The summed E-state index contributed by atoms with van der Waals surface area (Å²) in [5.41, 5.74) is 0. The lowest BCUT2D eigenvalue weighted by molar-refractivity contribution is -0.175. The van der Waals surface area contributed by atoms with Gasteiger partial charge in [-0.25, -0.2) is 0 Å². The Hall–Kier alpha value is -1.14. The Bertz CT molecular complexity index is 931. The van der Waals surface area contributed by atoms with Gasteiger partial charge >= 0.3 is 0 Å². The van der Waals surface area contributed by atoms with E-state index in [0.29, 0.717) is 0 Å². The van der Waals surface area contributed by atoms with Crippen LogP contribution in [0.3, 0.4) is 0 Å². The van der Waals surface area contributed by atoms with Gasteiger partial charge in [-0.1, -0.05) is 0 Å². The number of hydrogen-bond donors (Lipinski definition) is 2. The lowest BCUT2D eigenvalue weighted by atomic mass is 9.79. The van der Waals surface area contributed by atoms with Gasteiger partial charge in [-0.3, -0.25) is 19.2 Å². The molecule has 0 aromatic heterocycles. The highest BCUT2D eigenvalue weighted by Gasteiger charge is 2.79. The number of piperazine rings is 1. The number of carbonyl (C=O) groups excluding carboxylic acids is 4. The quantitative estimate of drug-likeness (QED) is 0.524. The zero-order valence-corrected chi connectivity index (χ0v) is 18.7. The molecule has 0 aromatic carbocycles. The van der Waals surface area contributed by atoms with Crippen molar-refractivity contribution in [2.75, 3.05) is 13.4 Å². The molecule has 2 aliphatic carbocycles. The van der Waals surface area contributed by atoms with Crippen molar-refractivity contribution < 1.29 is 34.1 Å². The zero-order chi connectivity index (χ0) is 22.0. The van der Waals surface area contributed by atoms with Gasteiger partial charge < -0.3 is 24.7 Å². The molecule has 2 amide bonds. The minimum atomic E-state index is -1.34. The maximum absolute atomic E-state index is 14.2. The second-order valence-electron chi connectivity index (χ2n) is 9.48. The minimum Gasteiger partial charge on any atom is -0.390 e. The fourth-order valence-electron chi connectivity index (χ4n) is 7.01. The predicted molar refractivity (Wildman–Crippen MR) is 110 cm³/mol. The number of amides is 2. The molecular weight excluding hydrogens is 444 g/mol. The van der Waals surface area contributed by atoms with Crippen LogP contribution >= 0.6 is 23.5 Å². The van der Waals surface area contributed by atoms with Crippen molar-refractivity contribution in [2.24, 2.45) is 11.8 Å². The van der Waals surface area contributed by atoms with Crippen LogP contribution in [0.5, 0.6) is 0 Å². The number of fused-ring (bicyclic) bond motifs is 4. The van der Waals surface area contributed by atoms with Crippen LogP contribution in [0.15, 0.2) is 0 Å². The van der Waals surface area contributed by atoms with Gasteiger partial charge in [0.2, 0.25) is 0 Å². The molecule has 2 N–H and O–H groups in total. The number of ether oxygens (including phenoxy) is 1. The van der Waals surface area contributed by atoms with E-state index in [2.05, 4.69) is 0 Å². The average molecular weight is 469 g/mol. The molecule has 6 aliphatic rings. The second-order valence-corrected chi connectivity index (χ2v) is 12.1. The highest BCUT2D eigenvalue weighted by molar-refractivity contribution is 8.02. The van der Waals surface area contributed by atoms with E-state index in [-0.39, 0.29) is 49.1 Å². The smallest absolute Gasteiger partial charge is 0.261 e. The van der Waals surface area contributed by atoms with Crippen LogP contribution in [0.2, 0.25) is 0 Å². The number of hydrogen-bond acceptors (Lipinski definition) is 9. The van der Waals surface area contributed by atoms with Crippen molar-refractivity contribution in [3.05, 3.63) is 0 Å². The maximum atomic E-state index is 14.2. The summed E-state index contributed by atoms with van der Waals surface area (Å²) in [6.07, 6.45) is -0.423. The number of ketones is 2. The van der Waals surface area contributed by atoms with E-state index in [0.717, 1.165) is 0 Å². The van der Waals surface area contributed by atoms with E-state index < -0.39 is 57.2 Å². The van der Waals surface area contributed by atoms with E-state index in [4.69, 9.17) is 4.74 Å². The summed E-state index contributed by atoms with van der Waals surface area (Å²) in [4.78, 5) is 54.3. The predicted octanol–water partition coefficient (Wildman–Crippen LogP) is -1.01. The molecule has 4 heterocycles. The molecule has 4 aliphatic heterocycles. The Morgan fingerprint density at radius 1 is 0.968 bits per heavy atom. The van der Waals surface area contributed by atoms with E-state index in [9.17, 15) is 29.4 Å². The van der Waals surface area contributed by atoms with Gasteiger partial charge in [0.15, 0.2) is 9.74 Å². The van der Waals surface area contributed by atoms with Crippen LogP contribution in [-0.2, 0) is 23.9 Å². The number of aliphatic hydroxyl groups excluding tert-OH is 2. The number of aliphatic hydroxyl groups is 2. The molecule has 6 fully saturated rings. The summed E-state index contributed by atoms with van der Waals surface area (Å²) < 4.78 is 5.34. The molecule has 9 nitrogen and oxygen atoms in total. The number of nitrogens with zero attached hydrogens (tertiary/aromatic N) is 2. The van der Waals surface area contributed by atoms with Gasteiger partial charge in [-0.2, -0.15) is 0 Å². The minimum absolute atomic E-state index is 0.0109. The molecule has 10 atom stereocenters. The number of methoxy groups -OCH3 is 1. The fourth-order valence-corrected chi connectivity index (χ4v) is 9.87. The molecular formula is C20H24N2O7S2. The zero-order valence-electron chi connectivity index (χ0n) is 17.1. The van der Waals surface area contributed by atoms with Gasteiger partial charge in [0.25, 0.3) is 11.8 Å². The number of rotatable bonds is 2. The summed E-state index contributed by atoms with van der Waals surface area (Å²) in [7, 11) is 1.42. The Morgan fingerprint density at radius 3 is 2.29 bits per heavy atom. The van der Waals surface area contributed by atoms with Crippen molar-refractivity contribution in [2.45, 2.75) is 71.1 Å². The molecule has 3 bridgehead atoms. The second kappa shape index (κ2) is 6.25. The maximum Gasteiger partial charge on any atom is 0.261 e. The van der Waals surface area contributed by atoms with Crippen molar-refractivity contribution in [3.63, 3.8) is 0 Å². The Labute approximate surface area is 187 Å². The van der Waals surface area contributed by atoms with E-state index in [1.54, 1.807) is 6.26 Å². The lowest BCUT2D eigenvalue weighted by Crippen LogP contribution is -2.78. The first-order valence-corrected chi connectivity index (χ1v) is 12.7. The van der Waals surface area contributed by atoms with Gasteiger partial charge in [0.1, 0.15) is 17.7 Å². The lowest BCUT2D eigenvalue weighted by Gasteiger charge is -2.58. The van der Waals surface area contributed by atoms with E-state index in [1.165, 1.54) is 40.4 Å².